The second-order valence-corrected chi connectivity index (χ2v) is 8.64. The maximum Gasteiger partial charge on any atom is 0.311 e. The molecule has 0 atom stereocenters. The van der Waals surface area contributed by atoms with E-state index in [1.54, 1.807) is 7.11 Å². The minimum absolute atomic E-state index is 0.0161. The summed E-state index contributed by atoms with van der Waals surface area (Å²) in [5.74, 6) is -0.922. The predicted molar refractivity (Wildman–Crippen MR) is 140 cm³/mol. The minimum atomic E-state index is -0.556. The Morgan fingerprint density at radius 1 is 1.00 bits per heavy atom. The molecule has 1 aliphatic heterocycles. The van der Waals surface area contributed by atoms with Crippen molar-refractivity contribution in [3.8, 4) is 5.75 Å². The molecule has 9 heteroatoms. The zero-order valence-corrected chi connectivity index (χ0v) is 21.1. The Kier molecular flexibility index (Phi) is 8.20. The second kappa shape index (κ2) is 11.7. The average Bonchev–Trinajstić information content (AvgIpc) is 3.22. The van der Waals surface area contributed by atoms with Crippen LogP contribution in [0.1, 0.15) is 17.5 Å². The number of benzene rings is 3. The standard InChI is InChI=1S/C28H25ClFN3O4/c1-36-21-10-6-9-19(13-21)14-23(31-17-18-7-4-3-5-8-18)27-24(16-26(34)37-2)32-33(28(27)35)25-12-11-20(30)15-22(25)29/h3-13,15,31H,14,16-17H2,1-2H3/b27-23-. The third-order valence-electron chi connectivity index (χ3n) is 5.76. The van der Waals surface area contributed by atoms with Crippen LogP contribution in [-0.2, 0) is 27.3 Å². The molecule has 0 spiro atoms. The number of hydrogen-bond donors (Lipinski definition) is 1. The van der Waals surface area contributed by atoms with Crippen molar-refractivity contribution in [2.45, 2.75) is 19.4 Å². The SMILES string of the molecule is COC(=O)CC1=NN(c2ccc(F)cc2Cl)C(=O)/C1=C(/Cc1cccc(OC)c1)NCc1ccccc1. The Balaban J connectivity index is 1.80. The number of methoxy groups -OCH3 is 2. The summed E-state index contributed by atoms with van der Waals surface area (Å²) in [7, 11) is 2.85. The van der Waals surface area contributed by atoms with Gasteiger partial charge in [-0.2, -0.15) is 10.1 Å². The van der Waals surface area contributed by atoms with Crippen LogP contribution in [0.2, 0.25) is 5.02 Å². The van der Waals surface area contributed by atoms with Crippen molar-refractivity contribution < 1.29 is 23.5 Å². The number of anilines is 1. The molecule has 0 aliphatic carbocycles. The summed E-state index contributed by atoms with van der Waals surface area (Å²) in [5.41, 5.74) is 3.09. The number of carbonyl (C=O) groups excluding carboxylic acids is 2. The van der Waals surface area contributed by atoms with Gasteiger partial charge in [-0.15, -0.1) is 0 Å². The molecule has 0 fully saturated rings. The third kappa shape index (κ3) is 6.16. The molecule has 4 rings (SSSR count). The molecule has 0 bridgehead atoms. The molecule has 0 radical (unpaired) electrons. The highest BCUT2D eigenvalue weighted by Crippen LogP contribution is 2.33. The first-order valence-corrected chi connectivity index (χ1v) is 11.9. The van der Waals surface area contributed by atoms with E-state index in [1.165, 1.54) is 19.2 Å². The summed E-state index contributed by atoms with van der Waals surface area (Å²) in [6.07, 6.45) is 0.0950. The van der Waals surface area contributed by atoms with E-state index in [0.29, 0.717) is 24.4 Å². The maximum atomic E-state index is 13.8. The monoisotopic (exact) mass is 521 g/mol. The van der Waals surface area contributed by atoms with Crippen LogP contribution in [0, 0.1) is 5.82 Å². The lowest BCUT2D eigenvalue weighted by atomic mass is 9.99. The smallest absolute Gasteiger partial charge is 0.311 e. The topological polar surface area (TPSA) is 80.2 Å². The lowest BCUT2D eigenvalue weighted by Crippen LogP contribution is -2.27. The number of nitrogens with one attached hydrogen (secondary N) is 1. The van der Waals surface area contributed by atoms with Crippen molar-refractivity contribution in [1.82, 2.24) is 5.32 Å². The number of hydrogen-bond acceptors (Lipinski definition) is 6. The number of esters is 1. The van der Waals surface area contributed by atoms with Crippen molar-refractivity contribution in [2.75, 3.05) is 19.2 Å². The Labute approximate surface area is 219 Å². The quantitative estimate of drug-likeness (QED) is 0.315. The van der Waals surface area contributed by atoms with E-state index in [4.69, 9.17) is 21.1 Å². The number of amides is 1. The van der Waals surface area contributed by atoms with Gasteiger partial charge in [0.2, 0.25) is 0 Å². The summed E-state index contributed by atoms with van der Waals surface area (Å²) >= 11 is 6.25. The van der Waals surface area contributed by atoms with Gasteiger partial charge in [-0.3, -0.25) is 9.59 Å². The summed E-state index contributed by atoms with van der Waals surface area (Å²) in [6.45, 7) is 0.430. The van der Waals surface area contributed by atoms with Crippen molar-refractivity contribution in [2.24, 2.45) is 5.10 Å². The molecule has 0 saturated heterocycles. The summed E-state index contributed by atoms with van der Waals surface area (Å²) in [5, 5.41) is 8.90. The molecular formula is C28H25ClFN3O4. The molecule has 7 nitrogen and oxygen atoms in total. The number of ether oxygens (including phenoxy) is 2. The van der Waals surface area contributed by atoms with E-state index >= 15 is 0 Å². The molecule has 1 N–H and O–H groups in total. The van der Waals surface area contributed by atoms with Crippen LogP contribution >= 0.6 is 11.6 Å². The molecule has 37 heavy (non-hydrogen) atoms. The molecule has 1 heterocycles. The fraction of sp³-hybridized carbons (Fsp3) is 0.179. The lowest BCUT2D eigenvalue weighted by molar-refractivity contribution is -0.139. The van der Waals surface area contributed by atoms with E-state index in [9.17, 15) is 14.0 Å². The molecule has 3 aromatic rings. The average molecular weight is 522 g/mol. The van der Waals surface area contributed by atoms with Gasteiger partial charge in [-0.25, -0.2) is 4.39 Å². The maximum absolute atomic E-state index is 13.8. The van der Waals surface area contributed by atoms with Gasteiger partial charge in [-0.1, -0.05) is 54.1 Å². The Morgan fingerprint density at radius 3 is 2.46 bits per heavy atom. The number of halogens is 2. The zero-order chi connectivity index (χ0) is 26.4. The number of carbonyl (C=O) groups is 2. The molecule has 190 valence electrons. The van der Waals surface area contributed by atoms with Gasteiger partial charge in [0.05, 0.1) is 42.6 Å². The zero-order valence-electron chi connectivity index (χ0n) is 20.3. The van der Waals surface area contributed by atoms with Gasteiger partial charge < -0.3 is 14.8 Å². The van der Waals surface area contributed by atoms with Crippen LogP contribution in [-0.4, -0.2) is 31.8 Å². The van der Waals surface area contributed by atoms with Crippen LogP contribution < -0.4 is 15.1 Å². The number of rotatable bonds is 9. The van der Waals surface area contributed by atoms with Crippen LogP contribution in [0.3, 0.4) is 0 Å². The Bertz CT molecular complexity index is 1370. The molecule has 0 saturated carbocycles. The van der Waals surface area contributed by atoms with Crippen LogP contribution in [0.15, 0.2) is 89.2 Å². The molecule has 1 amide bonds. The van der Waals surface area contributed by atoms with Gasteiger partial charge in [0.1, 0.15) is 11.6 Å². The highest BCUT2D eigenvalue weighted by atomic mass is 35.5. The fourth-order valence-electron chi connectivity index (χ4n) is 3.93. The van der Waals surface area contributed by atoms with E-state index in [2.05, 4.69) is 10.4 Å². The fourth-order valence-corrected chi connectivity index (χ4v) is 4.18. The summed E-state index contributed by atoms with van der Waals surface area (Å²) in [6, 6.07) is 20.8. The second-order valence-electron chi connectivity index (χ2n) is 8.23. The van der Waals surface area contributed by atoms with E-state index in [1.807, 2.05) is 54.6 Å². The first-order valence-electron chi connectivity index (χ1n) is 11.5. The first-order chi connectivity index (χ1) is 17.9. The van der Waals surface area contributed by atoms with Crippen LogP contribution in [0.5, 0.6) is 5.75 Å². The highest BCUT2D eigenvalue weighted by molar-refractivity contribution is 6.37. The number of hydrazone groups is 1. The van der Waals surface area contributed by atoms with Gasteiger partial charge in [0, 0.05) is 18.7 Å². The first kappa shape index (κ1) is 25.9. The molecule has 1 aliphatic rings. The van der Waals surface area contributed by atoms with Gasteiger partial charge >= 0.3 is 5.97 Å². The van der Waals surface area contributed by atoms with Crippen LogP contribution in [0.25, 0.3) is 0 Å². The Morgan fingerprint density at radius 2 is 1.76 bits per heavy atom. The van der Waals surface area contributed by atoms with Crippen LogP contribution in [0.4, 0.5) is 10.1 Å². The van der Waals surface area contributed by atoms with Crippen molar-refractivity contribution in [1.29, 1.82) is 0 Å². The summed E-state index contributed by atoms with van der Waals surface area (Å²) in [4.78, 5) is 26.0. The van der Waals surface area contributed by atoms with Gasteiger partial charge in [-0.05, 0) is 41.5 Å². The number of allylic oxidation sites excluding steroid dienone is 1. The van der Waals surface area contributed by atoms with Gasteiger partial charge in [0.25, 0.3) is 5.91 Å². The molecular weight excluding hydrogens is 497 g/mol. The minimum Gasteiger partial charge on any atom is -0.497 e. The largest absolute Gasteiger partial charge is 0.497 e. The summed E-state index contributed by atoms with van der Waals surface area (Å²) < 4.78 is 23.9. The van der Waals surface area contributed by atoms with Crippen molar-refractivity contribution in [3.63, 3.8) is 0 Å². The molecule has 0 aromatic heterocycles. The highest BCUT2D eigenvalue weighted by Gasteiger charge is 2.36. The molecule has 0 unspecified atom stereocenters. The van der Waals surface area contributed by atoms with E-state index in [0.717, 1.165) is 22.2 Å². The lowest BCUT2D eigenvalue weighted by Gasteiger charge is -2.17. The predicted octanol–water partition coefficient (Wildman–Crippen LogP) is 5.04. The number of nitrogens with zero attached hydrogens (tertiary/aromatic N) is 2. The van der Waals surface area contributed by atoms with E-state index in [-0.39, 0.29) is 28.4 Å². The Hall–Kier alpha value is -4.17. The normalized spacial score (nSPS) is 14.3. The van der Waals surface area contributed by atoms with E-state index < -0.39 is 17.7 Å². The third-order valence-corrected chi connectivity index (χ3v) is 6.06. The molecule has 3 aromatic carbocycles. The van der Waals surface area contributed by atoms with Crippen molar-refractivity contribution in [3.05, 3.63) is 106 Å². The van der Waals surface area contributed by atoms with Crippen molar-refractivity contribution >= 4 is 34.9 Å². The van der Waals surface area contributed by atoms with Gasteiger partial charge in [0.15, 0.2) is 0 Å².